The predicted molar refractivity (Wildman–Crippen MR) is 87.3 cm³/mol. The van der Waals surface area contributed by atoms with E-state index in [0.29, 0.717) is 19.4 Å². The molecule has 0 saturated carbocycles. The van der Waals surface area contributed by atoms with Crippen molar-refractivity contribution < 1.29 is 14.3 Å². The van der Waals surface area contributed by atoms with Gasteiger partial charge in [0.2, 0.25) is 0 Å². The van der Waals surface area contributed by atoms with Crippen LogP contribution in [-0.2, 0) is 4.79 Å². The fourth-order valence-corrected chi connectivity index (χ4v) is 3.77. The van der Waals surface area contributed by atoms with Crippen LogP contribution in [0.5, 0.6) is 0 Å². The number of nitrogens with zero attached hydrogens (tertiary/aromatic N) is 1. The Hall–Kier alpha value is -1.11. The van der Waals surface area contributed by atoms with E-state index in [1.54, 1.807) is 17.8 Å². The van der Waals surface area contributed by atoms with Crippen molar-refractivity contribution in [1.82, 2.24) is 10.2 Å². The lowest BCUT2D eigenvalue weighted by Crippen LogP contribution is -2.50. The zero-order valence-electron chi connectivity index (χ0n) is 13.0. The summed E-state index contributed by atoms with van der Waals surface area (Å²) < 4.78 is 13.4. The molecule has 0 radical (unpaired) electrons. The van der Waals surface area contributed by atoms with Crippen molar-refractivity contribution in [1.29, 1.82) is 0 Å². The van der Waals surface area contributed by atoms with Crippen molar-refractivity contribution in [3.63, 3.8) is 0 Å². The van der Waals surface area contributed by atoms with Crippen molar-refractivity contribution in [2.75, 3.05) is 32.1 Å². The van der Waals surface area contributed by atoms with Gasteiger partial charge in [-0.15, -0.1) is 0 Å². The molecule has 6 heteroatoms. The van der Waals surface area contributed by atoms with Crippen molar-refractivity contribution in [2.24, 2.45) is 0 Å². The first kappa shape index (κ1) is 17.2. The van der Waals surface area contributed by atoms with Gasteiger partial charge in [-0.05, 0) is 56.1 Å². The van der Waals surface area contributed by atoms with Crippen molar-refractivity contribution in [3.05, 3.63) is 35.6 Å². The molecule has 1 aromatic carbocycles. The SMILES string of the molecule is CN(C)C(CNC(=O)C1(O)CCSCC1)c1cccc(F)c1. The average Bonchev–Trinajstić information content (AvgIpc) is 2.47. The van der Waals surface area contributed by atoms with Gasteiger partial charge in [0, 0.05) is 6.54 Å². The van der Waals surface area contributed by atoms with E-state index >= 15 is 0 Å². The summed E-state index contributed by atoms with van der Waals surface area (Å²) in [5, 5.41) is 13.2. The van der Waals surface area contributed by atoms with Crippen molar-refractivity contribution in [3.8, 4) is 0 Å². The highest BCUT2D eigenvalue weighted by Gasteiger charge is 2.37. The molecule has 1 fully saturated rings. The smallest absolute Gasteiger partial charge is 0.252 e. The van der Waals surface area contributed by atoms with E-state index in [-0.39, 0.29) is 17.8 Å². The number of hydrogen-bond donors (Lipinski definition) is 2. The van der Waals surface area contributed by atoms with Gasteiger partial charge in [0.05, 0.1) is 6.04 Å². The molecule has 1 atom stereocenters. The number of halogens is 1. The van der Waals surface area contributed by atoms with Crippen LogP contribution in [0.25, 0.3) is 0 Å². The molecular weight excluding hydrogens is 303 g/mol. The lowest BCUT2D eigenvalue weighted by Gasteiger charge is -2.32. The van der Waals surface area contributed by atoms with Crippen molar-refractivity contribution in [2.45, 2.75) is 24.5 Å². The monoisotopic (exact) mass is 326 g/mol. The maximum absolute atomic E-state index is 13.4. The van der Waals surface area contributed by atoms with E-state index in [1.165, 1.54) is 12.1 Å². The molecule has 0 spiro atoms. The molecule has 122 valence electrons. The van der Waals surface area contributed by atoms with Gasteiger partial charge in [-0.1, -0.05) is 12.1 Å². The second-order valence-electron chi connectivity index (χ2n) is 5.89. The number of aliphatic hydroxyl groups is 1. The summed E-state index contributed by atoms with van der Waals surface area (Å²) in [4.78, 5) is 14.2. The summed E-state index contributed by atoms with van der Waals surface area (Å²) in [7, 11) is 3.77. The predicted octanol–water partition coefficient (Wildman–Crippen LogP) is 1.80. The standard InChI is InChI=1S/C16H23FN2O2S/c1-19(2)14(12-4-3-5-13(17)10-12)11-18-15(20)16(21)6-8-22-9-7-16/h3-5,10,14,21H,6-9,11H2,1-2H3,(H,18,20). The Balaban J connectivity index is 2.01. The minimum absolute atomic E-state index is 0.138. The second kappa shape index (κ2) is 7.44. The van der Waals surface area contributed by atoms with Crippen LogP contribution in [0.3, 0.4) is 0 Å². The number of hydrogen-bond acceptors (Lipinski definition) is 4. The third kappa shape index (κ3) is 4.21. The van der Waals surface area contributed by atoms with E-state index in [0.717, 1.165) is 17.1 Å². The Bertz CT molecular complexity index is 519. The van der Waals surface area contributed by atoms with E-state index in [4.69, 9.17) is 0 Å². The summed E-state index contributed by atoms with van der Waals surface area (Å²) in [5.41, 5.74) is -0.458. The summed E-state index contributed by atoms with van der Waals surface area (Å²) >= 11 is 1.75. The minimum atomic E-state index is -1.26. The normalized spacial score (nSPS) is 19.0. The summed E-state index contributed by atoms with van der Waals surface area (Å²) in [5.74, 6) is 0.977. The molecule has 1 aliphatic heterocycles. The van der Waals surface area contributed by atoms with Gasteiger partial charge >= 0.3 is 0 Å². The van der Waals surface area contributed by atoms with E-state index < -0.39 is 5.60 Å². The number of carbonyl (C=O) groups excluding carboxylic acids is 1. The molecule has 0 aromatic heterocycles. The molecule has 4 nitrogen and oxygen atoms in total. The first-order valence-corrected chi connectivity index (χ1v) is 8.58. The van der Waals surface area contributed by atoms with Gasteiger partial charge in [0.1, 0.15) is 11.4 Å². The molecule has 0 aliphatic carbocycles. The number of nitrogens with one attached hydrogen (secondary N) is 1. The Kier molecular flexibility index (Phi) is 5.83. The zero-order chi connectivity index (χ0) is 16.2. The topological polar surface area (TPSA) is 52.6 Å². The molecule has 1 heterocycles. The fourth-order valence-electron chi connectivity index (χ4n) is 2.60. The van der Waals surface area contributed by atoms with Crippen LogP contribution < -0.4 is 5.32 Å². The average molecular weight is 326 g/mol. The van der Waals surface area contributed by atoms with Crippen LogP contribution in [-0.4, -0.2) is 53.7 Å². The van der Waals surface area contributed by atoms with Gasteiger partial charge in [0.25, 0.3) is 5.91 Å². The van der Waals surface area contributed by atoms with Crippen LogP contribution in [0.1, 0.15) is 24.4 Å². The number of thioether (sulfide) groups is 1. The second-order valence-corrected chi connectivity index (χ2v) is 7.11. The Labute approximate surface area is 135 Å². The number of carbonyl (C=O) groups is 1. The first-order valence-electron chi connectivity index (χ1n) is 7.43. The first-order chi connectivity index (χ1) is 10.4. The number of rotatable bonds is 5. The molecule has 1 aromatic rings. The van der Waals surface area contributed by atoms with E-state index in [2.05, 4.69) is 5.32 Å². The fraction of sp³-hybridized carbons (Fsp3) is 0.562. The third-order valence-electron chi connectivity index (χ3n) is 4.06. The van der Waals surface area contributed by atoms with Gasteiger partial charge < -0.3 is 15.3 Å². The number of amides is 1. The van der Waals surface area contributed by atoms with Crippen LogP contribution in [0.15, 0.2) is 24.3 Å². The molecular formula is C16H23FN2O2S. The van der Waals surface area contributed by atoms with Crippen LogP contribution in [0.4, 0.5) is 4.39 Å². The molecule has 1 amide bonds. The molecule has 1 aliphatic rings. The Morgan fingerprint density at radius 1 is 1.45 bits per heavy atom. The maximum atomic E-state index is 13.4. The number of likely N-dealkylation sites (N-methyl/N-ethyl adjacent to an activating group) is 1. The highest BCUT2D eigenvalue weighted by Crippen LogP contribution is 2.27. The molecule has 1 saturated heterocycles. The maximum Gasteiger partial charge on any atom is 0.252 e. The summed E-state index contributed by atoms with van der Waals surface area (Å²) in [6, 6.07) is 6.24. The Morgan fingerprint density at radius 3 is 2.73 bits per heavy atom. The van der Waals surface area contributed by atoms with Crippen LogP contribution >= 0.6 is 11.8 Å². The van der Waals surface area contributed by atoms with Crippen LogP contribution in [0, 0.1) is 5.82 Å². The third-order valence-corrected chi connectivity index (χ3v) is 5.04. The van der Waals surface area contributed by atoms with Gasteiger partial charge in [-0.2, -0.15) is 11.8 Å². The number of benzene rings is 1. The molecule has 1 unspecified atom stereocenters. The van der Waals surface area contributed by atoms with E-state index in [1.807, 2.05) is 25.1 Å². The lowest BCUT2D eigenvalue weighted by atomic mass is 9.95. The molecule has 0 bridgehead atoms. The highest BCUT2D eigenvalue weighted by molar-refractivity contribution is 7.99. The molecule has 2 N–H and O–H groups in total. The minimum Gasteiger partial charge on any atom is -0.380 e. The largest absolute Gasteiger partial charge is 0.380 e. The quantitative estimate of drug-likeness (QED) is 0.866. The van der Waals surface area contributed by atoms with Crippen LogP contribution in [0.2, 0.25) is 0 Å². The highest BCUT2D eigenvalue weighted by atomic mass is 32.2. The van der Waals surface area contributed by atoms with Gasteiger partial charge in [-0.3, -0.25) is 4.79 Å². The lowest BCUT2D eigenvalue weighted by molar-refractivity contribution is -0.140. The Morgan fingerprint density at radius 2 is 2.14 bits per heavy atom. The van der Waals surface area contributed by atoms with E-state index in [9.17, 15) is 14.3 Å². The molecule has 22 heavy (non-hydrogen) atoms. The molecule has 2 rings (SSSR count). The summed E-state index contributed by atoms with van der Waals surface area (Å²) in [6.45, 7) is 0.338. The van der Waals surface area contributed by atoms with Crippen molar-refractivity contribution >= 4 is 17.7 Å². The zero-order valence-corrected chi connectivity index (χ0v) is 13.8. The summed E-state index contributed by atoms with van der Waals surface area (Å²) in [6.07, 6.45) is 0.964. The van der Waals surface area contributed by atoms with Gasteiger partial charge in [-0.25, -0.2) is 4.39 Å². The van der Waals surface area contributed by atoms with Gasteiger partial charge in [0.15, 0.2) is 0 Å².